The van der Waals surface area contributed by atoms with Gasteiger partial charge >= 0.3 is 0 Å². The maximum Gasteiger partial charge on any atom is 0.228 e. The number of hydrogen-bond acceptors (Lipinski definition) is 4. The van der Waals surface area contributed by atoms with E-state index in [0.29, 0.717) is 11.5 Å². The van der Waals surface area contributed by atoms with E-state index in [2.05, 4.69) is 10.2 Å². The van der Waals surface area contributed by atoms with Gasteiger partial charge in [0.15, 0.2) is 11.5 Å². The van der Waals surface area contributed by atoms with Gasteiger partial charge in [0.1, 0.15) is 0 Å². The van der Waals surface area contributed by atoms with E-state index >= 15 is 0 Å². The summed E-state index contributed by atoms with van der Waals surface area (Å²) in [6, 6.07) is 5.38. The maximum atomic E-state index is 12.1. The summed E-state index contributed by atoms with van der Waals surface area (Å²) in [6.07, 6.45) is 0.912. The molecule has 0 radical (unpaired) electrons. The monoisotopic (exact) mass is 264 g/mol. The van der Waals surface area contributed by atoms with Crippen molar-refractivity contribution in [1.29, 1.82) is 0 Å². The first-order chi connectivity index (χ1) is 9.13. The summed E-state index contributed by atoms with van der Waals surface area (Å²) in [5.74, 6) is 1.40. The molecule has 104 valence electrons. The Hall–Kier alpha value is -1.75. The minimum atomic E-state index is 0.0663. The minimum Gasteiger partial charge on any atom is -0.493 e. The van der Waals surface area contributed by atoms with Gasteiger partial charge in [-0.1, -0.05) is 0 Å². The third kappa shape index (κ3) is 3.17. The van der Waals surface area contributed by atoms with Crippen molar-refractivity contribution in [3.05, 3.63) is 18.2 Å². The van der Waals surface area contributed by atoms with Gasteiger partial charge in [-0.15, -0.1) is 0 Å². The smallest absolute Gasteiger partial charge is 0.228 e. The molecular weight excluding hydrogens is 244 g/mol. The summed E-state index contributed by atoms with van der Waals surface area (Å²) >= 11 is 0. The SMILES string of the molecule is COc1ccc(NC(=O)C2CCN(C)C2)cc1OC. The van der Waals surface area contributed by atoms with Gasteiger partial charge in [0.2, 0.25) is 5.91 Å². The zero-order valence-corrected chi connectivity index (χ0v) is 11.6. The van der Waals surface area contributed by atoms with E-state index in [1.54, 1.807) is 26.4 Å². The molecule has 1 saturated heterocycles. The number of rotatable bonds is 4. The van der Waals surface area contributed by atoms with E-state index in [1.165, 1.54) is 0 Å². The zero-order valence-electron chi connectivity index (χ0n) is 11.6. The molecule has 0 bridgehead atoms. The van der Waals surface area contributed by atoms with Gasteiger partial charge in [-0.25, -0.2) is 0 Å². The van der Waals surface area contributed by atoms with Crippen molar-refractivity contribution in [2.24, 2.45) is 5.92 Å². The summed E-state index contributed by atoms with van der Waals surface area (Å²) in [7, 11) is 5.20. The van der Waals surface area contributed by atoms with E-state index < -0.39 is 0 Å². The van der Waals surface area contributed by atoms with Crippen LogP contribution in [0, 0.1) is 5.92 Å². The van der Waals surface area contributed by atoms with Gasteiger partial charge < -0.3 is 19.7 Å². The molecule has 1 aliphatic heterocycles. The predicted molar refractivity (Wildman–Crippen MR) is 73.8 cm³/mol. The maximum absolute atomic E-state index is 12.1. The quantitative estimate of drug-likeness (QED) is 0.897. The van der Waals surface area contributed by atoms with E-state index in [0.717, 1.165) is 25.2 Å². The molecule has 1 aliphatic rings. The van der Waals surface area contributed by atoms with Crippen LogP contribution in [0.3, 0.4) is 0 Å². The molecule has 5 nitrogen and oxygen atoms in total. The second-order valence-electron chi connectivity index (χ2n) is 4.81. The average Bonchev–Trinajstić information content (AvgIpc) is 2.85. The third-order valence-electron chi connectivity index (χ3n) is 3.41. The fourth-order valence-corrected chi connectivity index (χ4v) is 2.31. The number of carbonyl (C=O) groups excluding carboxylic acids is 1. The van der Waals surface area contributed by atoms with E-state index in [9.17, 15) is 4.79 Å². The van der Waals surface area contributed by atoms with Crippen LogP contribution in [0.25, 0.3) is 0 Å². The molecule has 0 spiro atoms. The molecular formula is C14H20N2O3. The number of nitrogens with zero attached hydrogens (tertiary/aromatic N) is 1. The van der Waals surface area contributed by atoms with Gasteiger partial charge in [0.05, 0.1) is 20.1 Å². The van der Waals surface area contributed by atoms with Gasteiger partial charge in [0.25, 0.3) is 0 Å². The highest BCUT2D eigenvalue weighted by Gasteiger charge is 2.26. The number of benzene rings is 1. The van der Waals surface area contributed by atoms with Crippen LogP contribution < -0.4 is 14.8 Å². The van der Waals surface area contributed by atoms with Crippen LogP contribution in [0.1, 0.15) is 6.42 Å². The number of methoxy groups -OCH3 is 2. The molecule has 0 saturated carbocycles. The summed E-state index contributed by atoms with van der Waals surface area (Å²) in [4.78, 5) is 14.3. The van der Waals surface area contributed by atoms with E-state index in [-0.39, 0.29) is 11.8 Å². The molecule has 1 fully saturated rings. The largest absolute Gasteiger partial charge is 0.493 e. The van der Waals surface area contributed by atoms with Crippen molar-refractivity contribution < 1.29 is 14.3 Å². The summed E-state index contributed by atoms with van der Waals surface area (Å²) < 4.78 is 10.4. The van der Waals surface area contributed by atoms with Crippen molar-refractivity contribution in [3.63, 3.8) is 0 Å². The van der Waals surface area contributed by atoms with Crippen LogP contribution in [-0.2, 0) is 4.79 Å². The number of likely N-dealkylation sites (tertiary alicyclic amines) is 1. The van der Waals surface area contributed by atoms with Crippen molar-refractivity contribution in [2.75, 3.05) is 39.7 Å². The number of ether oxygens (including phenoxy) is 2. The fourth-order valence-electron chi connectivity index (χ4n) is 2.31. The Morgan fingerprint density at radius 2 is 2.05 bits per heavy atom. The molecule has 2 rings (SSSR count). The first-order valence-corrected chi connectivity index (χ1v) is 6.35. The van der Waals surface area contributed by atoms with Crippen LogP contribution in [-0.4, -0.2) is 45.2 Å². The lowest BCUT2D eigenvalue weighted by atomic mass is 10.1. The first-order valence-electron chi connectivity index (χ1n) is 6.35. The van der Waals surface area contributed by atoms with Crippen LogP contribution in [0.2, 0.25) is 0 Å². The lowest BCUT2D eigenvalue weighted by Gasteiger charge is -2.13. The number of carbonyl (C=O) groups is 1. The fraction of sp³-hybridized carbons (Fsp3) is 0.500. The molecule has 1 heterocycles. The molecule has 1 N–H and O–H groups in total. The topological polar surface area (TPSA) is 50.8 Å². The minimum absolute atomic E-state index is 0.0663. The van der Waals surface area contributed by atoms with Crippen molar-refractivity contribution in [3.8, 4) is 11.5 Å². The lowest BCUT2D eigenvalue weighted by Crippen LogP contribution is -2.25. The Morgan fingerprint density at radius 1 is 1.32 bits per heavy atom. The van der Waals surface area contributed by atoms with Crippen molar-refractivity contribution >= 4 is 11.6 Å². The zero-order chi connectivity index (χ0) is 13.8. The van der Waals surface area contributed by atoms with Gasteiger partial charge in [-0.2, -0.15) is 0 Å². The van der Waals surface area contributed by atoms with Gasteiger partial charge in [-0.05, 0) is 32.1 Å². The van der Waals surface area contributed by atoms with Crippen LogP contribution in [0.5, 0.6) is 11.5 Å². The molecule has 0 aliphatic carbocycles. The highest BCUT2D eigenvalue weighted by atomic mass is 16.5. The summed E-state index contributed by atoms with van der Waals surface area (Å²) in [5, 5.41) is 2.93. The first kappa shape index (κ1) is 13.7. The Labute approximate surface area is 113 Å². The standard InChI is InChI=1S/C14H20N2O3/c1-16-7-6-10(9-16)14(17)15-11-4-5-12(18-2)13(8-11)19-3/h4-5,8,10H,6-7,9H2,1-3H3,(H,15,17). The van der Waals surface area contributed by atoms with Gasteiger partial charge in [-0.3, -0.25) is 4.79 Å². The van der Waals surface area contributed by atoms with E-state index in [1.807, 2.05) is 13.1 Å². The Kier molecular flexibility index (Phi) is 4.27. The molecule has 1 amide bonds. The van der Waals surface area contributed by atoms with Crippen LogP contribution in [0.15, 0.2) is 18.2 Å². The highest BCUT2D eigenvalue weighted by molar-refractivity contribution is 5.93. The van der Waals surface area contributed by atoms with E-state index in [4.69, 9.17) is 9.47 Å². The average molecular weight is 264 g/mol. The van der Waals surface area contributed by atoms with Crippen LogP contribution >= 0.6 is 0 Å². The van der Waals surface area contributed by atoms with Gasteiger partial charge in [0, 0.05) is 18.3 Å². The molecule has 1 aromatic carbocycles. The number of hydrogen-bond donors (Lipinski definition) is 1. The van der Waals surface area contributed by atoms with Crippen molar-refractivity contribution in [2.45, 2.75) is 6.42 Å². The van der Waals surface area contributed by atoms with Crippen molar-refractivity contribution in [1.82, 2.24) is 4.90 Å². The van der Waals surface area contributed by atoms with Crippen LogP contribution in [0.4, 0.5) is 5.69 Å². The second kappa shape index (κ2) is 5.93. The Morgan fingerprint density at radius 3 is 2.63 bits per heavy atom. The molecule has 1 unspecified atom stereocenters. The molecule has 19 heavy (non-hydrogen) atoms. The second-order valence-corrected chi connectivity index (χ2v) is 4.81. The summed E-state index contributed by atoms with van der Waals surface area (Å²) in [5.41, 5.74) is 0.734. The highest BCUT2D eigenvalue weighted by Crippen LogP contribution is 2.30. The normalized spacial score (nSPS) is 19.2. The molecule has 0 aromatic heterocycles. The lowest BCUT2D eigenvalue weighted by molar-refractivity contribution is -0.119. The number of amides is 1. The Bertz CT molecular complexity index is 462. The number of nitrogens with one attached hydrogen (secondary N) is 1. The molecule has 5 heteroatoms. The molecule has 1 atom stereocenters. The predicted octanol–water partition coefficient (Wildman–Crippen LogP) is 1.59. The molecule has 1 aromatic rings. The number of anilines is 1. The third-order valence-corrected chi connectivity index (χ3v) is 3.41. The summed E-state index contributed by atoms with van der Waals surface area (Å²) in [6.45, 7) is 1.79. The Balaban J connectivity index is 2.04.